The average Bonchev–Trinajstić information content (AvgIpc) is 2.15. The third-order valence-corrected chi connectivity index (χ3v) is 2.19. The van der Waals surface area contributed by atoms with E-state index in [4.69, 9.17) is 0 Å². The highest BCUT2D eigenvalue weighted by Crippen LogP contribution is 2.52. The Morgan fingerprint density at radius 3 is 1.86 bits per heavy atom. The SMILES string of the molecule is FC1CC2C[C@H]2C1. The van der Waals surface area contributed by atoms with E-state index in [1.807, 2.05) is 0 Å². The van der Waals surface area contributed by atoms with E-state index in [1.54, 1.807) is 0 Å². The van der Waals surface area contributed by atoms with Gasteiger partial charge in [-0.05, 0) is 31.1 Å². The van der Waals surface area contributed by atoms with Crippen LogP contribution >= 0.6 is 0 Å². The second kappa shape index (κ2) is 1.01. The molecule has 0 aliphatic heterocycles. The molecular weight excluding hydrogens is 91.1 g/mol. The Labute approximate surface area is 42.7 Å². The van der Waals surface area contributed by atoms with Gasteiger partial charge in [0.2, 0.25) is 0 Å². The van der Waals surface area contributed by atoms with Gasteiger partial charge < -0.3 is 0 Å². The summed E-state index contributed by atoms with van der Waals surface area (Å²) >= 11 is 0. The first-order valence-electron chi connectivity index (χ1n) is 3.00. The maximum Gasteiger partial charge on any atom is 0.101 e. The van der Waals surface area contributed by atoms with Gasteiger partial charge in [0.05, 0.1) is 0 Å². The molecule has 0 amide bonds. The largest absolute Gasteiger partial charge is 0.247 e. The van der Waals surface area contributed by atoms with Crippen molar-refractivity contribution in [2.24, 2.45) is 11.8 Å². The standard InChI is InChI=1S/C6H9F/c7-6-2-4-1-5(4)3-6/h4-6H,1-3H2/t4-,5?,6?/m0/s1. The Hall–Kier alpha value is -0.0700. The third kappa shape index (κ3) is 0.472. The molecule has 2 rings (SSSR count). The molecule has 2 unspecified atom stereocenters. The van der Waals surface area contributed by atoms with E-state index in [0.29, 0.717) is 0 Å². The zero-order chi connectivity index (χ0) is 4.85. The Kier molecular flexibility index (Phi) is 0.561. The van der Waals surface area contributed by atoms with E-state index in [2.05, 4.69) is 0 Å². The molecule has 0 radical (unpaired) electrons. The maximum atomic E-state index is 12.2. The first kappa shape index (κ1) is 3.88. The van der Waals surface area contributed by atoms with Crippen molar-refractivity contribution in [2.45, 2.75) is 25.4 Å². The number of alkyl halides is 1. The molecule has 3 atom stereocenters. The zero-order valence-electron chi connectivity index (χ0n) is 4.23. The number of hydrogen-bond acceptors (Lipinski definition) is 0. The second-order valence-corrected chi connectivity index (χ2v) is 2.82. The molecule has 0 nitrogen and oxygen atoms in total. The number of halogens is 1. The summed E-state index contributed by atoms with van der Waals surface area (Å²) in [6.07, 6.45) is 2.67. The van der Waals surface area contributed by atoms with E-state index >= 15 is 0 Å². The monoisotopic (exact) mass is 100 g/mol. The first-order valence-corrected chi connectivity index (χ1v) is 3.00. The fourth-order valence-electron chi connectivity index (χ4n) is 1.64. The van der Waals surface area contributed by atoms with Crippen LogP contribution in [0.5, 0.6) is 0 Å². The van der Waals surface area contributed by atoms with Gasteiger partial charge in [0.25, 0.3) is 0 Å². The summed E-state index contributed by atoms with van der Waals surface area (Å²) < 4.78 is 12.2. The molecule has 1 heteroatoms. The summed E-state index contributed by atoms with van der Waals surface area (Å²) in [5, 5.41) is 0. The lowest BCUT2D eigenvalue weighted by atomic mass is 10.2. The average molecular weight is 100 g/mol. The zero-order valence-corrected chi connectivity index (χ0v) is 4.23. The Morgan fingerprint density at radius 1 is 1.00 bits per heavy atom. The van der Waals surface area contributed by atoms with E-state index in [-0.39, 0.29) is 0 Å². The summed E-state index contributed by atoms with van der Waals surface area (Å²) in [7, 11) is 0. The maximum absolute atomic E-state index is 12.2. The van der Waals surface area contributed by atoms with Crippen molar-refractivity contribution in [2.75, 3.05) is 0 Å². The minimum absolute atomic E-state index is 0.427. The summed E-state index contributed by atoms with van der Waals surface area (Å²) in [4.78, 5) is 0. The van der Waals surface area contributed by atoms with Gasteiger partial charge in [0, 0.05) is 0 Å². The van der Waals surface area contributed by atoms with Crippen molar-refractivity contribution in [3.63, 3.8) is 0 Å². The lowest BCUT2D eigenvalue weighted by molar-refractivity contribution is 0.316. The van der Waals surface area contributed by atoms with Crippen LogP contribution in [-0.2, 0) is 0 Å². The number of fused-ring (bicyclic) bond motifs is 1. The normalized spacial score (nSPS) is 57.0. The fraction of sp³-hybridized carbons (Fsp3) is 1.00. The third-order valence-electron chi connectivity index (χ3n) is 2.19. The van der Waals surface area contributed by atoms with Gasteiger partial charge in [-0.15, -0.1) is 0 Å². The lowest BCUT2D eigenvalue weighted by Crippen LogP contribution is -1.92. The van der Waals surface area contributed by atoms with Crippen LogP contribution in [0, 0.1) is 11.8 Å². The van der Waals surface area contributed by atoms with E-state index < -0.39 is 6.17 Å². The smallest absolute Gasteiger partial charge is 0.101 e. The van der Waals surface area contributed by atoms with Crippen LogP contribution in [-0.4, -0.2) is 6.17 Å². The first-order chi connectivity index (χ1) is 3.36. The Morgan fingerprint density at radius 2 is 1.57 bits per heavy atom. The minimum atomic E-state index is -0.427. The highest BCUT2D eigenvalue weighted by molar-refractivity contribution is 4.95. The molecule has 0 saturated heterocycles. The molecule has 0 bridgehead atoms. The van der Waals surface area contributed by atoms with Gasteiger partial charge in [0.15, 0.2) is 0 Å². The van der Waals surface area contributed by atoms with Crippen LogP contribution in [0.4, 0.5) is 4.39 Å². The van der Waals surface area contributed by atoms with Gasteiger partial charge in [-0.25, -0.2) is 4.39 Å². The predicted molar refractivity (Wildman–Crippen MR) is 25.7 cm³/mol. The Balaban J connectivity index is 2.02. The van der Waals surface area contributed by atoms with Crippen molar-refractivity contribution in [3.05, 3.63) is 0 Å². The highest BCUT2D eigenvalue weighted by Gasteiger charge is 2.45. The summed E-state index contributed by atoms with van der Waals surface area (Å²) in [6, 6.07) is 0. The fourth-order valence-corrected chi connectivity index (χ4v) is 1.64. The van der Waals surface area contributed by atoms with Crippen molar-refractivity contribution >= 4 is 0 Å². The van der Waals surface area contributed by atoms with Gasteiger partial charge in [-0.2, -0.15) is 0 Å². The van der Waals surface area contributed by atoms with Gasteiger partial charge >= 0.3 is 0 Å². The van der Waals surface area contributed by atoms with Crippen molar-refractivity contribution in [1.29, 1.82) is 0 Å². The van der Waals surface area contributed by atoms with Gasteiger partial charge in [0.1, 0.15) is 6.17 Å². The molecule has 0 spiro atoms. The number of rotatable bonds is 0. The van der Waals surface area contributed by atoms with E-state index in [0.717, 1.165) is 24.7 Å². The van der Waals surface area contributed by atoms with E-state index in [9.17, 15) is 4.39 Å². The molecule has 0 aromatic rings. The molecule has 0 aromatic heterocycles. The molecule has 2 aliphatic rings. The summed E-state index contributed by atoms with van der Waals surface area (Å²) in [6.45, 7) is 0. The van der Waals surface area contributed by atoms with Crippen LogP contribution < -0.4 is 0 Å². The molecule has 2 aliphatic carbocycles. The predicted octanol–water partition coefficient (Wildman–Crippen LogP) is 1.75. The second-order valence-electron chi connectivity index (χ2n) is 2.82. The van der Waals surface area contributed by atoms with Crippen LogP contribution in [0.15, 0.2) is 0 Å². The molecule has 0 heterocycles. The van der Waals surface area contributed by atoms with E-state index in [1.165, 1.54) is 6.42 Å². The van der Waals surface area contributed by atoms with Crippen molar-refractivity contribution in [1.82, 2.24) is 0 Å². The van der Waals surface area contributed by atoms with Crippen LogP contribution in [0.1, 0.15) is 19.3 Å². The Bertz CT molecular complexity index is 80.2. The van der Waals surface area contributed by atoms with Crippen molar-refractivity contribution in [3.8, 4) is 0 Å². The molecule has 0 aromatic carbocycles. The lowest BCUT2D eigenvalue weighted by Gasteiger charge is -1.94. The van der Waals surface area contributed by atoms with Crippen LogP contribution in [0.3, 0.4) is 0 Å². The summed E-state index contributed by atoms with van der Waals surface area (Å²) in [5.41, 5.74) is 0. The topological polar surface area (TPSA) is 0 Å². The molecule has 2 fully saturated rings. The number of hydrogen-bond donors (Lipinski definition) is 0. The quantitative estimate of drug-likeness (QED) is 0.435. The molecule has 2 saturated carbocycles. The van der Waals surface area contributed by atoms with Crippen LogP contribution in [0.2, 0.25) is 0 Å². The van der Waals surface area contributed by atoms with Gasteiger partial charge in [-0.1, -0.05) is 0 Å². The minimum Gasteiger partial charge on any atom is -0.247 e. The van der Waals surface area contributed by atoms with Crippen LogP contribution in [0.25, 0.3) is 0 Å². The highest BCUT2D eigenvalue weighted by atomic mass is 19.1. The molecule has 40 valence electrons. The molecular formula is C6H9F. The molecule has 0 N–H and O–H groups in total. The van der Waals surface area contributed by atoms with Gasteiger partial charge in [-0.3, -0.25) is 0 Å². The summed E-state index contributed by atoms with van der Waals surface area (Å²) in [5.74, 6) is 1.63. The molecule has 7 heavy (non-hydrogen) atoms. The van der Waals surface area contributed by atoms with Crippen molar-refractivity contribution < 1.29 is 4.39 Å².